The Morgan fingerprint density at radius 1 is 0.261 bits per heavy atom. The summed E-state index contributed by atoms with van der Waals surface area (Å²) in [6.07, 6.45) is 1.83. The van der Waals surface area contributed by atoms with Gasteiger partial charge in [-0.25, -0.2) is 8.78 Å². The number of nitrogens with zero attached hydrogens (tertiary/aromatic N) is 6. The van der Waals surface area contributed by atoms with Gasteiger partial charge in [-0.15, -0.1) is 0 Å². The summed E-state index contributed by atoms with van der Waals surface area (Å²) in [5.74, 6) is -2.31. The number of aromatic nitrogens is 6. The van der Waals surface area contributed by atoms with Crippen LogP contribution in [0.4, 0.5) is 22.0 Å². The maximum absolute atomic E-state index is 16.8. The highest BCUT2D eigenvalue weighted by atomic mass is 19.4. The molecule has 0 aliphatic heterocycles. The molecule has 11 heteroatoms. The Morgan fingerprint density at radius 2 is 0.554 bits per heavy atom. The fourth-order valence-electron chi connectivity index (χ4n) is 13.2. The third kappa shape index (κ3) is 9.57. The summed E-state index contributed by atoms with van der Waals surface area (Å²) in [7, 11) is 0. The van der Waals surface area contributed by atoms with Crippen molar-refractivity contribution in [3.8, 4) is 112 Å². The summed E-state index contributed by atoms with van der Waals surface area (Å²) in [5, 5.41) is 3.00. The van der Waals surface area contributed by atoms with E-state index in [4.69, 9.17) is 19.9 Å². The van der Waals surface area contributed by atoms with Gasteiger partial charge in [0, 0.05) is 96.4 Å². The van der Waals surface area contributed by atoms with Crippen LogP contribution in [-0.4, -0.2) is 29.1 Å². The van der Waals surface area contributed by atoms with E-state index < -0.39 is 34.5 Å². The second-order valence-corrected chi connectivity index (χ2v) is 22.6. The van der Waals surface area contributed by atoms with Gasteiger partial charge in [0.25, 0.3) is 0 Å². The van der Waals surface area contributed by atoms with E-state index in [2.05, 4.69) is 0 Å². The largest absolute Gasteiger partial charge is 0.417 e. The van der Waals surface area contributed by atoms with Gasteiger partial charge in [-0.1, -0.05) is 200 Å². The van der Waals surface area contributed by atoms with Crippen LogP contribution in [0.3, 0.4) is 0 Å². The highest BCUT2D eigenvalue weighted by Gasteiger charge is 2.38. The van der Waals surface area contributed by atoms with E-state index in [1.54, 1.807) is 24.8 Å². The number of hydrogen-bond donors (Lipinski definition) is 0. The van der Waals surface area contributed by atoms with Crippen molar-refractivity contribution in [2.24, 2.45) is 0 Å². The Balaban J connectivity index is 1.08. The van der Waals surface area contributed by atoms with Gasteiger partial charge in [0.15, 0.2) is 0 Å². The molecule has 0 fully saturated rings. The molecule has 10 aromatic carbocycles. The molecule has 0 spiro atoms. The second kappa shape index (κ2) is 22.6. The first-order valence-corrected chi connectivity index (χ1v) is 30.0. The van der Waals surface area contributed by atoms with Crippen LogP contribution in [-0.2, 0) is 6.18 Å². The first-order valence-electron chi connectivity index (χ1n) is 30.0. The molecule has 0 bridgehead atoms. The van der Waals surface area contributed by atoms with Gasteiger partial charge in [0.2, 0.25) is 0 Å². The fraction of sp³-hybridized carbons (Fsp3) is 0.0123. The maximum Gasteiger partial charge on any atom is 0.417 e. The molecule has 0 saturated carbocycles. The van der Waals surface area contributed by atoms with Crippen molar-refractivity contribution in [1.29, 1.82) is 0 Å². The van der Waals surface area contributed by atoms with Crippen molar-refractivity contribution in [2.75, 3.05) is 0 Å². The van der Waals surface area contributed by atoms with Crippen molar-refractivity contribution < 1.29 is 22.0 Å². The molecule has 16 rings (SSSR count). The predicted octanol–water partition coefficient (Wildman–Crippen LogP) is 21.8. The molecule has 0 N–H and O–H groups in total. The Morgan fingerprint density at radius 3 is 0.848 bits per heavy atom. The van der Waals surface area contributed by atoms with Gasteiger partial charge in [-0.2, -0.15) is 13.2 Å². The van der Waals surface area contributed by atoms with Gasteiger partial charge < -0.3 is 9.13 Å². The zero-order valence-electron chi connectivity index (χ0n) is 48.9. The number of rotatable bonds is 11. The lowest BCUT2D eigenvalue weighted by Gasteiger charge is -2.23. The molecule has 92 heavy (non-hydrogen) atoms. The molecular weight excluding hydrogens is 1150 g/mol. The minimum atomic E-state index is -5.16. The van der Waals surface area contributed by atoms with E-state index in [0.717, 1.165) is 124 Å². The lowest BCUT2D eigenvalue weighted by atomic mass is 9.95. The van der Waals surface area contributed by atoms with Gasteiger partial charge >= 0.3 is 6.18 Å². The molecule has 0 aliphatic carbocycles. The van der Waals surface area contributed by atoms with Crippen LogP contribution in [0.5, 0.6) is 0 Å². The summed E-state index contributed by atoms with van der Waals surface area (Å²) in [4.78, 5) is 19.6. The molecule has 0 amide bonds. The highest BCUT2D eigenvalue weighted by molar-refractivity contribution is 6.14. The van der Waals surface area contributed by atoms with Crippen molar-refractivity contribution in [3.63, 3.8) is 0 Å². The zero-order chi connectivity index (χ0) is 62.0. The fourth-order valence-corrected chi connectivity index (χ4v) is 13.2. The number of halogens is 5. The minimum absolute atomic E-state index is 0.0726. The van der Waals surface area contributed by atoms with Crippen LogP contribution < -0.4 is 0 Å². The van der Waals surface area contributed by atoms with Gasteiger partial charge in [0.1, 0.15) is 11.6 Å². The SMILES string of the molecule is Fc1cccc(F)c1-c1cc(-n2c3cc(-c4cccnc4-c4ccccc4)ccc3c3ccc(-c4cccnc4-c4ccccc4)cc32)c(-n2c3cc(-c4cccnc4-c4ccccc4)ccc3c3ccc(-c4cccnc4-c4ccccc4)cc32)cc1C(F)(F)F. The van der Waals surface area contributed by atoms with E-state index >= 15 is 22.0 Å². The number of hydrogen-bond acceptors (Lipinski definition) is 4. The number of fused-ring (bicyclic) bond motifs is 6. The summed E-state index contributed by atoms with van der Waals surface area (Å²) in [5.41, 5.74) is 12.4. The molecule has 0 radical (unpaired) electrons. The molecule has 0 aliphatic rings. The first kappa shape index (κ1) is 55.4. The number of pyridine rings is 4. The standard InChI is InChI=1S/C81H49F5N6/c82-68-30-13-31-69(83)76(68)66-48-74(91-70-44-54(58-26-14-40-87-77(58)50-18-5-1-6-19-50)32-36-62(70)63-37-33-55(45-71(63)91)59-27-15-41-88-78(59)51-20-7-2-8-21-51)75(49-67(66)81(84,85)86)92-72-46-56(60-28-16-42-89-79(60)52-22-9-3-10-23-52)34-38-64(72)65-39-35-57(47-73(65)92)61-29-17-43-90-80(61)53-24-11-4-12-25-53/h1-49H. The van der Waals surface area contributed by atoms with Crippen molar-refractivity contribution in [2.45, 2.75) is 6.18 Å². The maximum atomic E-state index is 16.8. The third-order valence-electron chi connectivity index (χ3n) is 17.3. The van der Waals surface area contributed by atoms with E-state index in [9.17, 15) is 0 Å². The quantitative estimate of drug-likeness (QED) is 0.121. The van der Waals surface area contributed by atoms with E-state index in [-0.39, 0.29) is 11.4 Å². The van der Waals surface area contributed by atoms with Gasteiger partial charge in [-0.3, -0.25) is 19.9 Å². The molecule has 6 nitrogen and oxygen atoms in total. The zero-order valence-corrected chi connectivity index (χ0v) is 48.9. The van der Waals surface area contributed by atoms with E-state index in [0.29, 0.717) is 33.5 Å². The van der Waals surface area contributed by atoms with Crippen LogP contribution in [0.1, 0.15) is 5.56 Å². The van der Waals surface area contributed by atoms with Gasteiger partial charge in [0.05, 0.1) is 67.3 Å². The summed E-state index contributed by atoms with van der Waals surface area (Å²) >= 11 is 0. The molecule has 6 heterocycles. The number of benzene rings is 10. The average molecular weight is 1200 g/mol. The third-order valence-corrected chi connectivity index (χ3v) is 17.3. The molecule has 0 saturated heterocycles. The van der Waals surface area contributed by atoms with Crippen molar-refractivity contribution in [3.05, 3.63) is 315 Å². The normalized spacial score (nSPS) is 11.8. The smallest absolute Gasteiger partial charge is 0.307 e. The van der Waals surface area contributed by atoms with Crippen LogP contribution >= 0.6 is 0 Å². The minimum Gasteiger partial charge on any atom is -0.307 e. The van der Waals surface area contributed by atoms with Crippen LogP contribution in [0.2, 0.25) is 0 Å². The van der Waals surface area contributed by atoms with E-state index in [1.165, 1.54) is 6.07 Å². The molecule has 0 atom stereocenters. The molecule has 16 aromatic rings. The average Bonchev–Trinajstić information content (AvgIpc) is 1.52. The Bertz CT molecular complexity index is 5230. The number of alkyl halides is 3. The second-order valence-electron chi connectivity index (χ2n) is 22.6. The molecule has 6 aromatic heterocycles. The van der Waals surface area contributed by atoms with Crippen molar-refractivity contribution >= 4 is 43.6 Å². The molecule has 0 unspecified atom stereocenters. The summed E-state index contributed by atoms with van der Waals surface area (Å²) < 4.78 is 87.7. The predicted molar refractivity (Wildman–Crippen MR) is 360 cm³/mol. The lowest BCUT2D eigenvalue weighted by molar-refractivity contribution is -0.137. The van der Waals surface area contributed by atoms with Gasteiger partial charge in [-0.05, 0) is 95.1 Å². The summed E-state index contributed by atoms with van der Waals surface area (Å²) in [6.45, 7) is 0. The Labute approximate surface area is 525 Å². The highest BCUT2D eigenvalue weighted by Crippen LogP contribution is 2.49. The van der Waals surface area contributed by atoms with Crippen molar-refractivity contribution in [1.82, 2.24) is 29.1 Å². The van der Waals surface area contributed by atoms with Crippen LogP contribution in [0, 0.1) is 11.6 Å². The monoisotopic (exact) mass is 1200 g/mol. The Kier molecular flexibility index (Phi) is 13.6. The van der Waals surface area contributed by atoms with E-state index in [1.807, 2.05) is 252 Å². The molecular formula is C81H49F5N6. The Hall–Kier alpha value is -12.0. The van der Waals surface area contributed by atoms with Crippen LogP contribution in [0.15, 0.2) is 298 Å². The first-order chi connectivity index (χ1) is 45.1. The summed E-state index contributed by atoms with van der Waals surface area (Å²) in [6, 6.07) is 84.6. The topological polar surface area (TPSA) is 61.4 Å². The molecule has 438 valence electrons. The lowest BCUT2D eigenvalue weighted by Crippen LogP contribution is -2.13. The van der Waals surface area contributed by atoms with Crippen LogP contribution in [0.25, 0.3) is 156 Å².